The molecule has 1 aromatic heterocycles. The third-order valence-electron chi connectivity index (χ3n) is 3.38. The van der Waals surface area contributed by atoms with Crippen LogP contribution in [0.1, 0.15) is 21.6 Å². The summed E-state index contributed by atoms with van der Waals surface area (Å²) in [6, 6.07) is 8.92. The van der Waals surface area contributed by atoms with E-state index in [9.17, 15) is 9.59 Å². The van der Waals surface area contributed by atoms with Crippen LogP contribution in [0, 0.1) is 13.8 Å². The molecular weight excluding hydrogens is 342 g/mol. The van der Waals surface area contributed by atoms with Gasteiger partial charge in [-0.1, -0.05) is 29.3 Å². The van der Waals surface area contributed by atoms with E-state index in [0.717, 1.165) is 11.3 Å². The number of halogens is 1. The van der Waals surface area contributed by atoms with Gasteiger partial charge in [-0.15, -0.1) is 0 Å². The summed E-state index contributed by atoms with van der Waals surface area (Å²) >= 11 is 5.79. The Hall–Kier alpha value is -2.60. The molecule has 0 fully saturated rings. The van der Waals surface area contributed by atoms with Crippen molar-refractivity contribution in [2.24, 2.45) is 0 Å². The predicted octanol–water partition coefficient (Wildman–Crippen LogP) is 2.28. The number of nitrogens with zero attached hydrogens (tertiary/aromatic N) is 1. The van der Waals surface area contributed by atoms with Crippen molar-refractivity contribution in [2.45, 2.75) is 13.8 Å². The Morgan fingerprint density at radius 2 is 1.96 bits per heavy atom. The first-order valence-electron chi connectivity index (χ1n) is 7.82. The van der Waals surface area contributed by atoms with Crippen LogP contribution in [-0.2, 0) is 4.79 Å². The minimum absolute atomic E-state index is 0.142. The summed E-state index contributed by atoms with van der Waals surface area (Å²) in [5.41, 5.74) is 2.38. The molecule has 0 saturated heterocycles. The number of pyridine rings is 1. The van der Waals surface area contributed by atoms with E-state index < -0.39 is 5.91 Å². The molecule has 1 heterocycles. The number of carbonyl (C=O) groups excluding carboxylic acids is 2. The van der Waals surface area contributed by atoms with Crippen LogP contribution in [-0.4, -0.2) is 36.5 Å². The number of ether oxygens (including phenoxy) is 1. The summed E-state index contributed by atoms with van der Waals surface area (Å²) in [7, 11) is 0. The third kappa shape index (κ3) is 6.08. The van der Waals surface area contributed by atoms with Crippen molar-refractivity contribution in [3.8, 4) is 5.75 Å². The van der Waals surface area contributed by atoms with Crippen LogP contribution >= 0.6 is 11.6 Å². The largest absolute Gasteiger partial charge is 0.491 e. The summed E-state index contributed by atoms with van der Waals surface area (Å²) in [4.78, 5) is 27.5. The smallest absolute Gasteiger partial charge is 0.270 e. The lowest BCUT2D eigenvalue weighted by atomic mass is 10.1. The average Bonchev–Trinajstić information content (AvgIpc) is 2.58. The minimum atomic E-state index is -0.454. The Balaban J connectivity index is 1.68. The zero-order chi connectivity index (χ0) is 18.2. The number of hydrogen-bond acceptors (Lipinski definition) is 4. The Bertz CT molecular complexity index is 765. The molecule has 0 aliphatic carbocycles. The molecule has 25 heavy (non-hydrogen) atoms. The maximum atomic E-state index is 11.8. The van der Waals surface area contributed by atoms with Crippen molar-refractivity contribution in [2.75, 3.05) is 19.7 Å². The molecule has 2 N–H and O–H groups in total. The highest BCUT2D eigenvalue weighted by molar-refractivity contribution is 6.30. The average molecular weight is 362 g/mol. The zero-order valence-electron chi connectivity index (χ0n) is 14.1. The minimum Gasteiger partial charge on any atom is -0.491 e. The highest BCUT2D eigenvalue weighted by atomic mass is 35.5. The fourth-order valence-electron chi connectivity index (χ4n) is 2.16. The Labute approximate surface area is 151 Å². The zero-order valence-corrected chi connectivity index (χ0v) is 14.9. The Morgan fingerprint density at radius 3 is 2.68 bits per heavy atom. The van der Waals surface area contributed by atoms with Crippen LogP contribution in [0.25, 0.3) is 0 Å². The van der Waals surface area contributed by atoms with Gasteiger partial charge in [-0.3, -0.25) is 14.6 Å². The Morgan fingerprint density at radius 1 is 1.16 bits per heavy atom. The monoisotopic (exact) mass is 361 g/mol. The SMILES string of the molecule is Cc1ccc(OCCNC(=O)CNC(=O)c2cc(Cl)ccn2)c(C)c1. The topological polar surface area (TPSA) is 80.3 Å². The quantitative estimate of drug-likeness (QED) is 0.741. The second-order valence-electron chi connectivity index (χ2n) is 5.51. The van der Waals surface area contributed by atoms with Crippen molar-refractivity contribution in [3.63, 3.8) is 0 Å². The van der Waals surface area contributed by atoms with E-state index in [4.69, 9.17) is 16.3 Å². The van der Waals surface area contributed by atoms with Gasteiger partial charge in [0.1, 0.15) is 18.1 Å². The fraction of sp³-hybridized carbons (Fsp3) is 0.278. The highest BCUT2D eigenvalue weighted by Crippen LogP contribution is 2.18. The lowest BCUT2D eigenvalue weighted by Crippen LogP contribution is -2.38. The number of aromatic nitrogens is 1. The molecule has 0 radical (unpaired) electrons. The second kappa shape index (κ2) is 9.03. The molecule has 6 nitrogen and oxygen atoms in total. The molecule has 0 unspecified atom stereocenters. The first-order valence-corrected chi connectivity index (χ1v) is 8.20. The van der Waals surface area contributed by atoms with Gasteiger partial charge in [-0.25, -0.2) is 0 Å². The summed E-state index contributed by atoms with van der Waals surface area (Å²) in [5.74, 6) is 0.0315. The standard InChI is InChI=1S/C18H20ClN3O3/c1-12-3-4-16(13(2)9-12)25-8-7-21-17(23)11-22-18(24)15-10-14(19)5-6-20-15/h3-6,9-10H,7-8,11H2,1-2H3,(H,21,23)(H,22,24). The van der Waals surface area contributed by atoms with Crippen LogP contribution < -0.4 is 15.4 Å². The van der Waals surface area contributed by atoms with Crippen LogP contribution in [0.15, 0.2) is 36.5 Å². The van der Waals surface area contributed by atoms with Crippen molar-refractivity contribution in [1.29, 1.82) is 0 Å². The molecule has 2 rings (SSSR count). The number of amides is 2. The highest BCUT2D eigenvalue weighted by Gasteiger charge is 2.09. The fourth-order valence-corrected chi connectivity index (χ4v) is 2.31. The number of benzene rings is 1. The van der Waals surface area contributed by atoms with Crippen molar-refractivity contribution in [1.82, 2.24) is 15.6 Å². The summed E-state index contributed by atoms with van der Waals surface area (Å²) < 4.78 is 5.62. The van der Waals surface area contributed by atoms with Crippen LogP contribution in [0.3, 0.4) is 0 Å². The first kappa shape index (κ1) is 18.7. The van der Waals surface area contributed by atoms with Gasteiger partial charge in [0.15, 0.2) is 0 Å². The van der Waals surface area contributed by atoms with Crippen molar-refractivity contribution < 1.29 is 14.3 Å². The maximum Gasteiger partial charge on any atom is 0.270 e. The maximum absolute atomic E-state index is 11.8. The van der Waals surface area contributed by atoms with E-state index in [-0.39, 0.29) is 18.1 Å². The van der Waals surface area contributed by atoms with Gasteiger partial charge in [0.25, 0.3) is 5.91 Å². The molecule has 132 valence electrons. The number of nitrogens with one attached hydrogen (secondary N) is 2. The van der Waals surface area contributed by atoms with Crippen molar-refractivity contribution in [3.05, 3.63) is 58.4 Å². The van der Waals surface area contributed by atoms with Crippen LogP contribution in [0.4, 0.5) is 0 Å². The Kier molecular flexibility index (Phi) is 6.77. The summed E-state index contributed by atoms with van der Waals surface area (Å²) in [6.07, 6.45) is 1.43. The molecule has 0 atom stereocenters. The lowest BCUT2D eigenvalue weighted by molar-refractivity contribution is -0.120. The van der Waals surface area contributed by atoms with E-state index in [1.54, 1.807) is 6.07 Å². The number of rotatable bonds is 7. The van der Waals surface area contributed by atoms with Crippen LogP contribution in [0.2, 0.25) is 5.02 Å². The van der Waals surface area contributed by atoms with Gasteiger partial charge in [0.05, 0.1) is 13.1 Å². The van der Waals surface area contributed by atoms with Gasteiger partial charge in [-0.2, -0.15) is 0 Å². The molecule has 0 spiro atoms. The van der Waals surface area contributed by atoms with E-state index >= 15 is 0 Å². The number of hydrogen-bond donors (Lipinski definition) is 2. The van der Waals surface area contributed by atoms with Gasteiger partial charge >= 0.3 is 0 Å². The third-order valence-corrected chi connectivity index (χ3v) is 3.61. The second-order valence-corrected chi connectivity index (χ2v) is 5.95. The summed E-state index contributed by atoms with van der Waals surface area (Å²) in [6.45, 7) is 4.54. The van der Waals surface area contributed by atoms with Gasteiger partial charge < -0.3 is 15.4 Å². The van der Waals surface area contributed by atoms with Gasteiger partial charge in [-0.05, 0) is 37.6 Å². The van der Waals surface area contributed by atoms with Crippen molar-refractivity contribution >= 4 is 23.4 Å². The number of carbonyl (C=O) groups is 2. The lowest BCUT2D eigenvalue weighted by Gasteiger charge is -2.11. The van der Waals surface area contributed by atoms with Crippen LogP contribution in [0.5, 0.6) is 5.75 Å². The van der Waals surface area contributed by atoms with Gasteiger partial charge in [0.2, 0.25) is 5.91 Å². The molecule has 7 heteroatoms. The molecule has 0 saturated carbocycles. The molecule has 2 aromatic rings. The molecule has 1 aromatic carbocycles. The first-order chi connectivity index (χ1) is 12.0. The molecule has 0 aliphatic heterocycles. The van der Waals surface area contributed by atoms with E-state index in [2.05, 4.69) is 15.6 Å². The van der Waals surface area contributed by atoms with E-state index in [1.165, 1.54) is 17.8 Å². The van der Waals surface area contributed by atoms with Gasteiger partial charge in [0, 0.05) is 11.2 Å². The molecular formula is C18H20ClN3O3. The number of aryl methyl sites for hydroxylation is 2. The molecule has 2 amide bonds. The summed E-state index contributed by atoms with van der Waals surface area (Å²) in [5, 5.41) is 5.57. The molecule has 0 aliphatic rings. The predicted molar refractivity (Wildman–Crippen MR) is 96.0 cm³/mol. The van der Waals surface area contributed by atoms with E-state index in [0.29, 0.717) is 18.2 Å². The normalized spacial score (nSPS) is 10.2. The molecule has 0 bridgehead atoms. The van der Waals surface area contributed by atoms with E-state index in [1.807, 2.05) is 32.0 Å².